The van der Waals surface area contributed by atoms with E-state index in [0.29, 0.717) is 23.0 Å². The molecule has 0 spiro atoms. The van der Waals surface area contributed by atoms with Crippen molar-refractivity contribution in [1.29, 1.82) is 5.26 Å². The summed E-state index contributed by atoms with van der Waals surface area (Å²) in [5, 5.41) is 14.6. The smallest absolute Gasteiger partial charge is 0.166 e. The van der Waals surface area contributed by atoms with Gasteiger partial charge in [0.15, 0.2) is 17.5 Å². The highest BCUT2D eigenvalue weighted by molar-refractivity contribution is 6.14. The molecule has 6 heteroatoms. The summed E-state index contributed by atoms with van der Waals surface area (Å²) < 4.78 is 4.89. The van der Waals surface area contributed by atoms with E-state index in [4.69, 9.17) is 15.0 Å². The maximum atomic E-state index is 10.0. The predicted molar refractivity (Wildman–Crippen MR) is 381 cm³/mol. The number of benzene rings is 13. The minimum atomic E-state index is 0.522. The van der Waals surface area contributed by atoms with Crippen molar-refractivity contribution in [3.8, 4) is 118 Å². The molecule has 3 aromatic heterocycles. The van der Waals surface area contributed by atoms with Crippen LogP contribution >= 0.6 is 0 Å². The van der Waals surface area contributed by atoms with Gasteiger partial charge in [0, 0.05) is 38.2 Å². The molecule has 0 bridgehead atoms. The van der Waals surface area contributed by atoms with Gasteiger partial charge in [-0.2, -0.15) is 5.26 Å². The molecule has 0 radical (unpaired) electrons. The monoisotopic (exact) mass is 1180 g/mol. The molecule has 13 aromatic carbocycles. The first-order valence-corrected chi connectivity index (χ1v) is 31.3. The highest BCUT2D eigenvalue weighted by atomic mass is 15.1. The molecule has 0 saturated heterocycles. The Hall–Kier alpha value is -12.0. The second-order valence-corrected chi connectivity index (χ2v) is 24.2. The van der Waals surface area contributed by atoms with Gasteiger partial charge in [-0.1, -0.05) is 235 Å². The van der Waals surface area contributed by atoms with Crippen LogP contribution in [0.2, 0.25) is 0 Å². The predicted octanol–water partition coefficient (Wildman–Crippen LogP) is 22.2. The molecule has 0 aliphatic carbocycles. The van der Waals surface area contributed by atoms with Gasteiger partial charge < -0.3 is 9.13 Å². The molecule has 16 rings (SSSR count). The van der Waals surface area contributed by atoms with Crippen LogP contribution in [0.5, 0.6) is 0 Å². The van der Waals surface area contributed by atoms with Crippen molar-refractivity contribution >= 4 is 43.6 Å². The number of fused-ring (bicyclic) bond motifs is 6. The Morgan fingerprint density at radius 2 is 0.598 bits per heavy atom. The quantitative estimate of drug-likeness (QED) is 0.129. The van der Waals surface area contributed by atoms with Gasteiger partial charge in [-0.05, 0) is 168 Å². The fraction of sp³-hybridized carbons (Fsp3) is 0.0465. The molecule has 16 aromatic rings. The van der Waals surface area contributed by atoms with Crippen LogP contribution in [-0.4, -0.2) is 24.1 Å². The van der Waals surface area contributed by atoms with Gasteiger partial charge in [-0.25, -0.2) is 15.0 Å². The Bertz CT molecular complexity index is 5370. The van der Waals surface area contributed by atoms with Crippen LogP contribution in [0.4, 0.5) is 0 Å². The number of nitrogens with zero attached hydrogens (tertiary/aromatic N) is 6. The molecule has 434 valence electrons. The van der Waals surface area contributed by atoms with Crippen LogP contribution < -0.4 is 0 Å². The standard InChI is InChI=1S/C86H60N6/c1-54-16-11-24-62(44-54)67-35-40-78-73(49-67)74-50-68(63-25-12-17-55(2)45-63)36-41-79(74)91(78)77-39-34-66(59-32-30-58(53-87)31-33-59)48-72(77)71-28-15-29-82(83(71)86-89-84(60-20-7-5-8-21-60)88-85(90-86)61-22-9-6-10-23-61)92-80-42-37-69(64-26-13-18-56(3)46-64)51-75(80)76-52-70(38-43-81(76)92)65-27-14-19-57(4)47-65/h5-52H,1-4H3. The molecule has 0 fully saturated rings. The summed E-state index contributed by atoms with van der Waals surface area (Å²) in [6.07, 6.45) is 0. The maximum absolute atomic E-state index is 10.0. The van der Waals surface area contributed by atoms with E-state index in [2.05, 4.69) is 273 Å². The minimum Gasteiger partial charge on any atom is -0.309 e. The molecule has 0 N–H and O–H groups in total. The van der Waals surface area contributed by atoms with E-state index in [1.165, 1.54) is 33.4 Å². The first kappa shape index (κ1) is 55.3. The molecule has 92 heavy (non-hydrogen) atoms. The van der Waals surface area contributed by atoms with Gasteiger partial charge >= 0.3 is 0 Å². The van der Waals surface area contributed by atoms with Gasteiger partial charge in [0.2, 0.25) is 0 Å². The number of hydrogen-bond acceptors (Lipinski definition) is 4. The van der Waals surface area contributed by atoms with E-state index in [-0.39, 0.29) is 0 Å². The summed E-state index contributed by atoms with van der Waals surface area (Å²) in [5.41, 5.74) is 27.2. The van der Waals surface area contributed by atoms with Crippen LogP contribution in [0, 0.1) is 39.0 Å². The number of hydrogen-bond donors (Lipinski definition) is 0. The summed E-state index contributed by atoms with van der Waals surface area (Å²) >= 11 is 0. The molecule has 3 heterocycles. The Morgan fingerprint density at radius 1 is 0.261 bits per heavy atom. The van der Waals surface area contributed by atoms with Gasteiger partial charge in [0.1, 0.15) is 0 Å². The fourth-order valence-electron chi connectivity index (χ4n) is 13.6. The summed E-state index contributed by atoms with van der Waals surface area (Å²) in [5.74, 6) is 1.64. The third-order valence-electron chi connectivity index (χ3n) is 18.0. The van der Waals surface area contributed by atoms with E-state index in [1.54, 1.807) is 0 Å². The molecule has 0 aliphatic rings. The van der Waals surface area contributed by atoms with E-state index in [9.17, 15) is 5.26 Å². The normalized spacial score (nSPS) is 11.5. The lowest BCUT2D eigenvalue weighted by atomic mass is 9.92. The number of nitriles is 1. The topological polar surface area (TPSA) is 72.3 Å². The van der Waals surface area contributed by atoms with Crippen molar-refractivity contribution in [3.63, 3.8) is 0 Å². The summed E-state index contributed by atoms with van der Waals surface area (Å²) in [4.78, 5) is 16.6. The first-order valence-electron chi connectivity index (χ1n) is 31.3. The largest absolute Gasteiger partial charge is 0.309 e. The van der Waals surface area contributed by atoms with Crippen LogP contribution in [0.3, 0.4) is 0 Å². The van der Waals surface area contributed by atoms with Crippen molar-refractivity contribution in [1.82, 2.24) is 24.1 Å². The summed E-state index contributed by atoms with van der Waals surface area (Å²) in [7, 11) is 0. The second kappa shape index (κ2) is 22.8. The SMILES string of the molecule is Cc1cccc(-c2ccc3c(c2)c2cc(-c4cccc(C)c4)ccc2n3-c2ccc(-c3ccc(C#N)cc3)cc2-c2cccc(-n3c4ccc(-c5cccc(C)c5)cc4c4cc(-c5cccc(C)c5)ccc43)c2-c2nc(-c3ccccc3)nc(-c3ccccc3)n2)c1. The van der Waals surface area contributed by atoms with E-state index >= 15 is 0 Å². The van der Waals surface area contributed by atoms with Gasteiger partial charge in [0.25, 0.3) is 0 Å². The van der Waals surface area contributed by atoms with Crippen LogP contribution in [0.15, 0.2) is 291 Å². The van der Waals surface area contributed by atoms with E-state index < -0.39 is 0 Å². The Labute approximate surface area is 535 Å². The maximum Gasteiger partial charge on any atom is 0.166 e. The average Bonchev–Trinajstić information content (AvgIpc) is 1.52. The van der Waals surface area contributed by atoms with Crippen LogP contribution in [0.25, 0.3) is 156 Å². The van der Waals surface area contributed by atoms with Gasteiger partial charge in [-0.3, -0.25) is 0 Å². The number of aromatic nitrogens is 5. The Balaban J connectivity index is 1.04. The van der Waals surface area contributed by atoms with Crippen LogP contribution in [-0.2, 0) is 0 Å². The zero-order valence-electron chi connectivity index (χ0n) is 51.4. The van der Waals surface area contributed by atoms with Crippen molar-refractivity contribution in [2.75, 3.05) is 0 Å². The van der Waals surface area contributed by atoms with Crippen molar-refractivity contribution in [3.05, 3.63) is 319 Å². The van der Waals surface area contributed by atoms with Crippen molar-refractivity contribution in [2.45, 2.75) is 27.7 Å². The third kappa shape index (κ3) is 9.99. The minimum absolute atomic E-state index is 0.522. The van der Waals surface area contributed by atoms with E-state index in [1.807, 2.05) is 60.7 Å². The molecule has 0 saturated carbocycles. The molecular weight excluding hydrogens is 1120 g/mol. The van der Waals surface area contributed by atoms with Crippen molar-refractivity contribution < 1.29 is 0 Å². The lowest BCUT2D eigenvalue weighted by Gasteiger charge is -2.21. The summed E-state index contributed by atoms with van der Waals surface area (Å²) in [6.45, 7) is 8.62. The highest BCUT2D eigenvalue weighted by Gasteiger charge is 2.27. The number of aryl methyl sites for hydroxylation is 4. The van der Waals surface area contributed by atoms with Crippen molar-refractivity contribution in [2.24, 2.45) is 0 Å². The van der Waals surface area contributed by atoms with Gasteiger partial charge in [0.05, 0.1) is 50.6 Å². The molecular formula is C86H60N6. The Morgan fingerprint density at radius 3 is 1.00 bits per heavy atom. The molecule has 6 nitrogen and oxygen atoms in total. The fourth-order valence-corrected chi connectivity index (χ4v) is 13.6. The molecule has 0 atom stereocenters. The van der Waals surface area contributed by atoms with Crippen LogP contribution in [0.1, 0.15) is 27.8 Å². The molecule has 0 aliphatic heterocycles. The lowest BCUT2D eigenvalue weighted by molar-refractivity contribution is 1.06. The third-order valence-corrected chi connectivity index (χ3v) is 18.0. The lowest BCUT2D eigenvalue weighted by Crippen LogP contribution is -2.06. The van der Waals surface area contributed by atoms with Gasteiger partial charge in [-0.15, -0.1) is 0 Å². The zero-order valence-corrected chi connectivity index (χ0v) is 51.4. The number of rotatable bonds is 11. The Kier molecular flexibility index (Phi) is 13.7. The highest BCUT2D eigenvalue weighted by Crippen LogP contribution is 2.47. The first-order chi connectivity index (χ1) is 45.2. The second-order valence-electron chi connectivity index (χ2n) is 24.2. The average molecular weight is 1180 g/mol. The molecule has 0 unspecified atom stereocenters. The summed E-state index contributed by atoms with van der Waals surface area (Å²) in [6, 6.07) is 107. The molecule has 0 amide bonds. The van der Waals surface area contributed by atoms with E-state index in [0.717, 1.165) is 127 Å². The zero-order chi connectivity index (χ0) is 62.0.